The van der Waals surface area contributed by atoms with E-state index in [1.165, 1.54) is 12.0 Å². The first-order valence-electron chi connectivity index (χ1n) is 5.05. The van der Waals surface area contributed by atoms with Crippen molar-refractivity contribution in [3.8, 4) is 0 Å². The van der Waals surface area contributed by atoms with Crippen LogP contribution in [0, 0.1) is 0 Å². The van der Waals surface area contributed by atoms with Crippen LogP contribution in [0.15, 0.2) is 41.1 Å². The lowest BCUT2D eigenvalue weighted by molar-refractivity contribution is 0.499. The van der Waals surface area contributed by atoms with Crippen molar-refractivity contribution < 1.29 is 4.42 Å². The maximum atomic E-state index is 5.54. The van der Waals surface area contributed by atoms with Crippen molar-refractivity contribution in [1.82, 2.24) is 4.98 Å². The van der Waals surface area contributed by atoms with E-state index in [1.807, 2.05) is 18.2 Å². The Morgan fingerprint density at radius 2 is 1.93 bits per heavy atom. The third-order valence-electron chi connectivity index (χ3n) is 2.40. The van der Waals surface area contributed by atoms with Crippen molar-refractivity contribution in [1.29, 1.82) is 0 Å². The fraction of sp³-hybridized carbons (Fsp3) is 0.250. The van der Waals surface area contributed by atoms with Gasteiger partial charge in [-0.1, -0.05) is 30.3 Å². The normalized spacial score (nSPS) is 10.5. The molecule has 0 radical (unpaired) electrons. The minimum absolute atomic E-state index is 0.445. The monoisotopic (exact) mass is 202 g/mol. The van der Waals surface area contributed by atoms with Crippen LogP contribution >= 0.6 is 0 Å². The van der Waals surface area contributed by atoms with E-state index in [4.69, 9.17) is 10.2 Å². The molecule has 0 spiro atoms. The predicted molar refractivity (Wildman–Crippen MR) is 58.2 cm³/mol. The number of oxazole rings is 1. The molecule has 0 saturated heterocycles. The van der Waals surface area contributed by atoms with E-state index >= 15 is 0 Å². The van der Waals surface area contributed by atoms with Gasteiger partial charge in [0.25, 0.3) is 0 Å². The maximum absolute atomic E-state index is 5.54. The summed E-state index contributed by atoms with van der Waals surface area (Å²) >= 11 is 0. The van der Waals surface area contributed by atoms with Gasteiger partial charge in [-0.05, 0) is 12.0 Å². The highest BCUT2D eigenvalue weighted by atomic mass is 16.3. The molecule has 3 heteroatoms. The smallest absolute Gasteiger partial charge is 0.181 e. The van der Waals surface area contributed by atoms with Gasteiger partial charge in [-0.3, -0.25) is 0 Å². The third kappa shape index (κ3) is 2.44. The second-order valence-electron chi connectivity index (χ2n) is 3.41. The van der Waals surface area contributed by atoms with Crippen LogP contribution in [0.5, 0.6) is 0 Å². The fourth-order valence-corrected chi connectivity index (χ4v) is 1.57. The van der Waals surface area contributed by atoms with Crippen LogP contribution in [0.2, 0.25) is 0 Å². The van der Waals surface area contributed by atoms with Gasteiger partial charge in [0.2, 0.25) is 0 Å². The van der Waals surface area contributed by atoms with Gasteiger partial charge in [0.15, 0.2) is 6.39 Å². The van der Waals surface area contributed by atoms with Crippen LogP contribution < -0.4 is 5.73 Å². The molecule has 3 nitrogen and oxygen atoms in total. The number of hydrogen-bond donors (Lipinski definition) is 1. The lowest BCUT2D eigenvalue weighted by atomic mass is 10.1. The topological polar surface area (TPSA) is 52.0 Å². The van der Waals surface area contributed by atoms with Gasteiger partial charge in [-0.2, -0.15) is 0 Å². The van der Waals surface area contributed by atoms with Crippen molar-refractivity contribution in [3.05, 3.63) is 53.7 Å². The van der Waals surface area contributed by atoms with Crippen molar-refractivity contribution in [2.75, 3.05) is 0 Å². The molecule has 0 bridgehead atoms. The first-order valence-corrected chi connectivity index (χ1v) is 5.05. The van der Waals surface area contributed by atoms with Crippen molar-refractivity contribution in [3.63, 3.8) is 0 Å². The van der Waals surface area contributed by atoms with Crippen LogP contribution in [0.4, 0.5) is 0 Å². The lowest BCUT2D eigenvalue weighted by Crippen LogP contribution is -2.01. The Hall–Kier alpha value is -1.61. The summed E-state index contributed by atoms with van der Waals surface area (Å²) in [6.45, 7) is 0.445. The minimum atomic E-state index is 0.445. The summed E-state index contributed by atoms with van der Waals surface area (Å²) in [6, 6.07) is 10.3. The highest BCUT2D eigenvalue weighted by Crippen LogP contribution is 2.10. The molecule has 0 aliphatic heterocycles. The molecule has 0 amide bonds. The molecular weight excluding hydrogens is 188 g/mol. The molecule has 78 valence electrons. The molecule has 0 fully saturated rings. The molecule has 1 heterocycles. The van der Waals surface area contributed by atoms with Crippen LogP contribution in [-0.2, 0) is 19.4 Å². The van der Waals surface area contributed by atoms with Gasteiger partial charge in [-0.25, -0.2) is 4.98 Å². The van der Waals surface area contributed by atoms with E-state index in [9.17, 15) is 0 Å². The molecule has 0 aliphatic carbocycles. The van der Waals surface area contributed by atoms with E-state index in [0.29, 0.717) is 6.54 Å². The van der Waals surface area contributed by atoms with E-state index in [2.05, 4.69) is 17.1 Å². The van der Waals surface area contributed by atoms with Crippen LogP contribution in [-0.4, -0.2) is 4.98 Å². The van der Waals surface area contributed by atoms with Gasteiger partial charge >= 0.3 is 0 Å². The third-order valence-corrected chi connectivity index (χ3v) is 2.40. The summed E-state index contributed by atoms with van der Waals surface area (Å²) in [7, 11) is 0. The molecule has 0 saturated carbocycles. The zero-order valence-corrected chi connectivity index (χ0v) is 8.52. The highest BCUT2D eigenvalue weighted by Gasteiger charge is 2.05. The van der Waals surface area contributed by atoms with E-state index < -0.39 is 0 Å². The summed E-state index contributed by atoms with van der Waals surface area (Å²) in [5.74, 6) is 0.904. The molecule has 0 aliphatic rings. The Morgan fingerprint density at radius 3 is 2.67 bits per heavy atom. The quantitative estimate of drug-likeness (QED) is 0.824. The summed E-state index contributed by atoms with van der Waals surface area (Å²) < 4.78 is 5.29. The summed E-state index contributed by atoms with van der Waals surface area (Å²) in [4.78, 5) is 4.06. The van der Waals surface area contributed by atoms with Crippen molar-refractivity contribution in [2.24, 2.45) is 5.73 Å². The second-order valence-corrected chi connectivity index (χ2v) is 3.41. The fourth-order valence-electron chi connectivity index (χ4n) is 1.57. The highest BCUT2D eigenvalue weighted by molar-refractivity contribution is 5.17. The van der Waals surface area contributed by atoms with E-state index in [1.54, 1.807) is 0 Å². The average Bonchev–Trinajstić information content (AvgIpc) is 2.75. The van der Waals surface area contributed by atoms with Crippen LogP contribution in [0.25, 0.3) is 0 Å². The SMILES string of the molecule is NCc1ncoc1CCc1ccccc1. The molecule has 1 aromatic heterocycles. The number of nitrogens with two attached hydrogens (primary N) is 1. The molecule has 2 aromatic rings. The summed E-state index contributed by atoms with van der Waals surface area (Å²) in [5, 5.41) is 0. The Balaban J connectivity index is 1.99. The lowest BCUT2D eigenvalue weighted by Gasteiger charge is -1.99. The van der Waals surface area contributed by atoms with Gasteiger partial charge in [0, 0.05) is 13.0 Å². The Labute approximate surface area is 88.9 Å². The van der Waals surface area contributed by atoms with Crippen molar-refractivity contribution >= 4 is 0 Å². The number of hydrogen-bond acceptors (Lipinski definition) is 3. The molecule has 0 unspecified atom stereocenters. The number of aryl methyl sites for hydroxylation is 2. The molecule has 2 N–H and O–H groups in total. The predicted octanol–water partition coefficient (Wildman–Crippen LogP) is 1.92. The second kappa shape index (κ2) is 4.75. The standard InChI is InChI=1S/C12H14N2O/c13-8-11-12(15-9-14-11)7-6-10-4-2-1-3-5-10/h1-5,9H,6-8,13H2. The minimum Gasteiger partial charge on any atom is -0.448 e. The Kier molecular flexibility index (Phi) is 3.15. The number of rotatable bonds is 4. The molecule has 1 aromatic carbocycles. The molecular formula is C12H14N2O. The van der Waals surface area contributed by atoms with E-state index in [0.717, 1.165) is 24.3 Å². The Morgan fingerprint density at radius 1 is 1.13 bits per heavy atom. The first-order chi connectivity index (χ1) is 7.40. The molecule has 0 atom stereocenters. The average molecular weight is 202 g/mol. The van der Waals surface area contributed by atoms with Gasteiger partial charge < -0.3 is 10.2 Å². The van der Waals surface area contributed by atoms with Crippen molar-refractivity contribution in [2.45, 2.75) is 19.4 Å². The van der Waals surface area contributed by atoms with Gasteiger partial charge in [0.05, 0.1) is 5.69 Å². The van der Waals surface area contributed by atoms with E-state index in [-0.39, 0.29) is 0 Å². The van der Waals surface area contributed by atoms with Gasteiger partial charge in [0.1, 0.15) is 5.76 Å². The zero-order chi connectivity index (χ0) is 10.5. The largest absolute Gasteiger partial charge is 0.448 e. The number of benzene rings is 1. The Bertz CT molecular complexity index is 409. The number of aromatic nitrogens is 1. The van der Waals surface area contributed by atoms with Crippen LogP contribution in [0.1, 0.15) is 17.0 Å². The zero-order valence-electron chi connectivity index (χ0n) is 8.52. The van der Waals surface area contributed by atoms with Gasteiger partial charge in [-0.15, -0.1) is 0 Å². The van der Waals surface area contributed by atoms with Crippen LogP contribution in [0.3, 0.4) is 0 Å². The first kappa shape index (κ1) is 9.93. The summed E-state index contributed by atoms with van der Waals surface area (Å²) in [5.41, 5.74) is 7.71. The maximum Gasteiger partial charge on any atom is 0.181 e. The number of nitrogens with zero attached hydrogens (tertiary/aromatic N) is 1. The molecule has 15 heavy (non-hydrogen) atoms. The summed E-state index contributed by atoms with van der Waals surface area (Å²) in [6.07, 6.45) is 3.28. The molecule has 2 rings (SSSR count).